The summed E-state index contributed by atoms with van der Waals surface area (Å²) in [6, 6.07) is 10.1. The lowest BCUT2D eigenvalue weighted by molar-refractivity contribution is -0.122. The third-order valence-electron chi connectivity index (χ3n) is 3.77. The lowest BCUT2D eigenvalue weighted by Crippen LogP contribution is -2.28. The fraction of sp³-hybridized carbons (Fsp3) is 0.100. The molecule has 1 heterocycles. The average molecular weight is 619 g/mol. The normalized spacial score (nSPS) is 15.2. The molecule has 0 N–H and O–H groups in total. The summed E-state index contributed by atoms with van der Waals surface area (Å²) in [4.78, 5) is 25.5. The zero-order chi connectivity index (χ0) is 20.3. The van der Waals surface area contributed by atoms with Gasteiger partial charge in [-0.3, -0.25) is 14.5 Å². The van der Waals surface area contributed by atoms with Crippen molar-refractivity contribution < 1.29 is 18.7 Å². The van der Waals surface area contributed by atoms with Crippen LogP contribution < -0.4 is 4.74 Å². The monoisotopic (exact) mass is 619 g/mol. The molecule has 0 radical (unpaired) electrons. The molecule has 1 fully saturated rings. The van der Waals surface area contributed by atoms with Crippen LogP contribution in [0, 0.1) is 25.3 Å². The molecule has 4 nitrogen and oxygen atoms in total. The van der Waals surface area contributed by atoms with Crippen LogP contribution in [0.5, 0.6) is 5.75 Å². The van der Waals surface area contributed by atoms with Crippen LogP contribution in [0.4, 0.5) is 9.18 Å². The van der Waals surface area contributed by atoms with Crippen LogP contribution in [0.2, 0.25) is 0 Å². The van der Waals surface area contributed by atoms with Gasteiger partial charge in [0.25, 0.3) is 11.1 Å². The van der Waals surface area contributed by atoms with E-state index in [4.69, 9.17) is 11.2 Å². The molecular formula is C20H12FI2NO3S. The van der Waals surface area contributed by atoms with Gasteiger partial charge in [-0.05, 0) is 86.8 Å². The van der Waals surface area contributed by atoms with Gasteiger partial charge in [0.15, 0.2) is 0 Å². The summed E-state index contributed by atoms with van der Waals surface area (Å²) in [5.74, 6) is 2.25. The Kier molecular flexibility index (Phi) is 7.00. The molecule has 3 rings (SSSR count). The van der Waals surface area contributed by atoms with Gasteiger partial charge >= 0.3 is 0 Å². The minimum Gasteiger partial charge on any atom is -0.487 e. The maximum absolute atomic E-state index is 13.8. The van der Waals surface area contributed by atoms with Crippen molar-refractivity contribution in [2.24, 2.45) is 0 Å². The first-order valence-corrected chi connectivity index (χ1v) is 10.9. The van der Waals surface area contributed by atoms with E-state index in [0.29, 0.717) is 16.2 Å². The molecule has 0 bridgehead atoms. The molecule has 142 valence electrons. The van der Waals surface area contributed by atoms with Crippen LogP contribution in [0.3, 0.4) is 0 Å². The number of halogens is 3. The Morgan fingerprint density at radius 2 is 1.89 bits per heavy atom. The van der Waals surface area contributed by atoms with E-state index in [1.165, 1.54) is 6.07 Å². The Labute approximate surface area is 193 Å². The summed E-state index contributed by atoms with van der Waals surface area (Å²) in [5, 5.41) is -0.372. The van der Waals surface area contributed by atoms with E-state index in [1.54, 1.807) is 24.3 Å². The molecule has 8 heteroatoms. The summed E-state index contributed by atoms with van der Waals surface area (Å²) in [6.07, 6.45) is 6.86. The summed E-state index contributed by atoms with van der Waals surface area (Å²) < 4.78 is 21.2. The molecule has 0 spiro atoms. The number of carbonyl (C=O) groups excluding carboxylic acids is 2. The Morgan fingerprint density at radius 1 is 1.21 bits per heavy atom. The smallest absolute Gasteiger partial charge is 0.294 e. The molecule has 2 amide bonds. The number of imide groups is 1. The van der Waals surface area contributed by atoms with Crippen molar-refractivity contribution in [1.29, 1.82) is 0 Å². The second-order valence-electron chi connectivity index (χ2n) is 5.67. The van der Waals surface area contributed by atoms with Crippen molar-refractivity contribution in [1.82, 2.24) is 4.90 Å². The van der Waals surface area contributed by atoms with Crippen LogP contribution in [-0.4, -0.2) is 22.6 Å². The Morgan fingerprint density at radius 3 is 2.54 bits per heavy atom. The number of ether oxygens (including phenoxy) is 1. The predicted octanol–water partition coefficient (Wildman–Crippen LogP) is 5.28. The fourth-order valence-corrected chi connectivity index (χ4v) is 5.41. The zero-order valence-electron chi connectivity index (χ0n) is 14.2. The quantitative estimate of drug-likeness (QED) is 0.260. The minimum absolute atomic E-state index is 0.0418. The zero-order valence-corrected chi connectivity index (χ0v) is 19.4. The lowest BCUT2D eigenvalue weighted by atomic mass is 10.2. The molecule has 0 unspecified atom stereocenters. The number of nitrogens with zero attached hydrogens (tertiary/aromatic N) is 1. The van der Waals surface area contributed by atoms with E-state index in [0.717, 1.165) is 29.4 Å². The SMILES string of the molecule is C#CCN1C(=O)S/C(=C/c2cc(I)c(OCc3ccccc3F)c(I)c2)C1=O. The number of thioether (sulfide) groups is 1. The molecule has 0 atom stereocenters. The highest BCUT2D eigenvalue weighted by Gasteiger charge is 2.34. The maximum Gasteiger partial charge on any atom is 0.294 e. The molecule has 2 aromatic carbocycles. The Bertz CT molecular complexity index is 1010. The number of hydrogen-bond donors (Lipinski definition) is 0. The highest BCUT2D eigenvalue weighted by atomic mass is 127. The number of terminal acetylenes is 1. The van der Waals surface area contributed by atoms with Crippen molar-refractivity contribution in [3.63, 3.8) is 0 Å². The first kappa shape index (κ1) is 21.1. The highest BCUT2D eigenvalue weighted by Crippen LogP contribution is 2.35. The summed E-state index contributed by atoms with van der Waals surface area (Å²) in [7, 11) is 0. The van der Waals surface area contributed by atoms with Crippen molar-refractivity contribution in [2.45, 2.75) is 6.61 Å². The molecule has 0 saturated carbocycles. The van der Waals surface area contributed by atoms with Gasteiger partial charge in [-0.25, -0.2) is 4.39 Å². The number of benzene rings is 2. The molecule has 1 aliphatic rings. The number of carbonyl (C=O) groups is 2. The van der Waals surface area contributed by atoms with Gasteiger partial charge in [0.1, 0.15) is 18.2 Å². The van der Waals surface area contributed by atoms with E-state index in [1.807, 2.05) is 12.1 Å². The second kappa shape index (κ2) is 9.28. The number of hydrogen-bond acceptors (Lipinski definition) is 4. The molecule has 2 aromatic rings. The molecular weight excluding hydrogens is 607 g/mol. The van der Waals surface area contributed by atoms with Crippen molar-refractivity contribution in [3.05, 3.63) is 65.4 Å². The largest absolute Gasteiger partial charge is 0.487 e. The van der Waals surface area contributed by atoms with Crippen LogP contribution >= 0.6 is 56.9 Å². The van der Waals surface area contributed by atoms with Crippen molar-refractivity contribution >= 4 is 74.2 Å². The van der Waals surface area contributed by atoms with E-state index in [9.17, 15) is 14.0 Å². The molecule has 0 aromatic heterocycles. The van der Waals surface area contributed by atoms with Crippen LogP contribution in [0.15, 0.2) is 41.3 Å². The lowest BCUT2D eigenvalue weighted by Gasteiger charge is -2.12. The van der Waals surface area contributed by atoms with Crippen LogP contribution in [0.1, 0.15) is 11.1 Å². The molecule has 1 saturated heterocycles. The van der Waals surface area contributed by atoms with Gasteiger partial charge in [0.2, 0.25) is 0 Å². The van der Waals surface area contributed by atoms with Gasteiger partial charge in [-0.1, -0.05) is 24.1 Å². The van der Waals surface area contributed by atoms with Gasteiger partial charge in [0.05, 0.1) is 18.6 Å². The van der Waals surface area contributed by atoms with E-state index < -0.39 is 5.91 Å². The second-order valence-corrected chi connectivity index (χ2v) is 8.98. The van der Waals surface area contributed by atoms with Gasteiger partial charge in [0, 0.05) is 5.56 Å². The third-order valence-corrected chi connectivity index (χ3v) is 6.28. The highest BCUT2D eigenvalue weighted by molar-refractivity contribution is 14.1. The number of rotatable bonds is 5. The summed E-state index contributed by atoms with van der Waals surface area (Å²) >= 11 is 5.12. The van der Waals surface area contributed by atoms with E-state index >= 15 is 0 Å². The topological polar surface area (TPSA) is 46.6 Å². The molecule has 1 aliphatic heterocycles. The van der Waals surface area contributed by atoms with Crippen molar-refractivity contribution in [3.8, 4) is 18.1 Å². The van der Waals surface area contributed by atoms with Crippen LogP contribution in [-0.2, 0) is 11.4 Å². The maximum atomic E-state index is 13.8. The Balaban J connectivity index is 1.81. The first-order valence-electron chi connectivity index (χ1n) is 7.94. The average Bonchev–Trinajstić information content (AvgIpc) is 2.90. The predicted molar refractivity (Wildman–Crippen MR) is 124 cm³/mol. The van der Waals surface area contributed by atoms with Gasteiger partial charge in [-0.15, -0.1) is 6.42 Å². The molecule has 28 heavy (non-hydrogen) atoms. The number of amides is 2. The van der Waals surface area contributed by atoms with Gasteiger partial charge in [-0.2, -0.15) is 0 Å². The van der Waals surface area contributed by atoms with Crippen molar-refractivity contribution in [2.75, 3.05) is 6.54 Å². The minimum atomic E-state index is -0.391. The first-order chi connectivity index (χ1) is 13.4. The third kappa shape index (κ3) is 4.69. The fourth-order valence-electron chi connectivity index (χ4n) is 2.45. The summed E-state index contributed by atoms with van der Waals surface area (Å²) in [5.41, 5.74) is 1.23. The molecule has 0 aliphatic carbocycles. The van der Waals surface area contributed by atoms with E-state index in [2.05, 4.69) is 51.1 Å². The Hall–Kier alpha value is -1.58. The van der Waals surface area contributed by atoms with Crippen LogP contribution in [0.25, 0.3) is 6.08 Å². The summed E-state index contributed by atoms with van der Waals surface area (Å²) in [6.45, 7) is 0.0723. The van der Waals surface area contributed by atoms with E-state index in [-0.39, 0.29) is 24.2 Å². The van der Waals surface area contributed by atoms with Gasteiger partial charge < -0.3 is 4.74 Å². The standard InChI is InChI=1S/C20H12FI2NO3S/c1-2-7-24-19(25)17(28-20(24)26)10-12-8-15(22)18(16(23)9-12)27-11-13-5-3-4-6-14(13)21/h1,3-6,8-10H,7,11H2/b17-10+.